The summed E-state index contributed by atoms with van der Waals surface area (Å²) in [5.74, 6) is 0.0953. The number of alkyl halides is 3. The molecule has 2 N–H and O–H groups in total. The molecule has 0 spiro atoms. The van der Waals surface area contributed by atoms with Crippen LogP contribution in [0.3, 0.4) is 0 Å². The van der Waals surface area contributed by atoms with Crippen LogP contribution in [-0.4, -0.2) is 14.6 Å². The van der Waals surface area contributed by atoms with Crippen molar-refractivity contribution in [2.45, 2.75) is 12.7 Å². The lowest BCUT2D eigenvalue weighted by Gasteiger charge is -2.09. The molecule has 0 aliphatic carbocycles. The van der Waals surface area contributed by atoms with Crippen molar-refractivity contribution in [1.82, 2.24) is 14.6 Å². The van der Waals surface area contributed by atoms with Gasteiger partial charge in [-0.1, -0.05) is 6.07 Å². The summed E-state index contributed by atoms with van der Waals surface area (Å²) < 4.78 is 38.7. The number of aromatic nitrogens is 3. The first-order valence-corrected chi connectivity index (χ1v) is 4.14. The molecule has 0 aliphatic heterocycles. The number of halogens is 3. The predicted molar refractivity (Wildman–Crippen MR) is 45.9 cm³/mol. The van der Waals surface area contributed by atoms with Crippen molar-refractivity contribution < 1.29 is 13.2 Å². The van der Waals surface area contributed by atoms with Crippen molar-refractivity contribution in [3.8, 4) is 0 Å². The van der Waals surface area contributed by atoms with E-state index in [1.807, 2.05) is 0 Å². The fourth-order valence-corrected chi connectivity index (χ4v) is 1.35. The molecule has 2 aromatic rings. The Hall–Kier alpha value is -1.63. The van der Waals surface area contributed by atoms with Crippen LogP contribution in [0.1, 0.15) is 11.5 Å². The van der Waals surface area contributed by atoms with Gasteiger partial charge in [-0.15, -0.1) is 10.2 Å². The van der Waals surface area contributed by atoms with Crippen LogP contribution >= 0.6 is 0 Å². The second-order valence-electron chi connectivity index (χ2n) is 2.92. The summed E-state index contributed by atoms with van der Waals surface area (Å²) in [6.45, 7) is -0.0890. The number of pyridine rings is 1. The Morgan fingerprint density at radius 3 is 2.60 bits per heavy atom. The van der Waals surface area contributed by atoms with Crippen molar-refractivity contribution in [3.05, 3.63) is 29.7 Å². The van der Waals surface area contributed by atoms with E-state index in [9.17, 15) is 13.2 Å². The fourth-order valence-electron chi connectivity index (χ4n) is 1.35. The molecule has 0 saturated carbocycles. The molecular weight excluding hydrogens is 209 g/mol. The number of rotatable bonds is 1. The van der Waals surface area contributed by atoms with Crippen LogP contribution in [0, 0.1) is 0 Å². The maximum Gasteiger partial charge on any atom is 0.431 e. The fraction of sp³-hybridized carbons (Fsp3) is 0.250. The molecule has 0 saturated heterocycles. The molecular formula is C8H7F3N4. The molecule has 0 bridgehead atoms. The first-order chi connectivity index (χ1) is 7.04. The van der Waals surface area contributed by atoms with E-state index >= 15 is 0 Å². The number of nitrogens with zero attached hydrogens (tertiary/aromatic N) is 3. The van der Waals surface area contributed by atoms with Gasteiger partial charge in [0, 0.05) is 0 Å². The second-order valence-corrected chi connectivity index (χ2v) is 2.92. The van der Waals surface area contributed by atoms with Crippen LogP contribution in [0.4, 0.5) is 13.2 Å². The van der Waals surface area contributed by atoms with Crippen LogP contribution in [0.15, 0.2) is 18.2 Å². The van der Waals surface area contributed by atoms with Crippen LogP contribution in [-0.2, 0) is 12.7 Å². The Labute approximate surface area is 82.5 Å². The highest BCUT2D eigenvalue weighted by Gasteiger charge is 2.34. The SMILES string of the molecule is NCc1nnc2cccc(C(F)(F)F)n12. The van der Waals surface area contributed by atoms with Gasteiger partial charge in [0.05, 0.1) is 6.54 Å². The summed E-state index contributed by atoms with van der Waals surface area (Å²) in [7, 11) is 0. The van der Waals surface area contributed by atoms with Gasteiger partial charge in [0.25, 0.3) is 0 Å². The molecule has 0 radical (unpaired) electrons. The lowest BCUT2D eigenvalue weighted by Crippen LogP contribution is -2.14. The summed E-state index contributed by atoms with van der Waals surface area (Å²) in [6.07, 6.45) is -4.44. The number of hydrogen-bond donors (Lipinski definition) is 1. The summed E-state index contributed by atoms with van der Waals surface area (Å²) in [6, 6.07) is 3.70. The highest BCUT2D eigenvalue weighted by Crippen LogP contribution is 2.29. The van der Waals surface area contributed by atoms with E-state index in [1.54, 1.807) is 0 Å². The van der Waals surface area contributed by atoms with E-state index in [1.165, 1.54) is 12.1 Å². The molecule has 2 heterocycles. The highest BCUT2D eigenvalue weighted by atomic mass is 19.4. The zero-order valence-electron chi connectivity index (χ0n) is 7.49. The van der Waals surface area contributed by atoms with Gasteiger partial charge in [0.1, 0.15) is 5.69 Å². The molecule has 7 heteroatoms. The first-order valence-electron chi connectivity index (χ1n) is 4.14. The molecule has 0 aliphatic rings. The molecule has 2 rings (SSSR count). The van der Waals surface area contributed by atoms with Crippen LogP contribution < -0.4 is 5.73 Å². The average Bonchev–Trinajstić information content (AvgIpc) is 2.58. The Kier molecular flexibility index (Phi) is 2.11. The standard InChI is InChI=1S/C8H7F3N4/c9-8(10,11)5-2-1-3-6-13-14-7(4-12)15(5)6/h1-3H,4,12H2. The molecule has 0 aromatic carbocycles. The van der Waals surface area contributed by atoms with Crippen LogP contribution in [0.2, 0.25) is 0 Å². The number of hydrogen-bond acceptors (Lipinski definition) is 3. The molecule has 80 valence electrons. The van der Waals surface area contributed by atoms with E-state index in [-0.39, 0.29) is 18.0 Å². The normalized spacial score (nSPS) is 12.3. The van der Waals surface area contributed by atoms with Crippen molar-refractivity contribution in [1.29, 1.82) is 0 Å². The smallest absolute Gasteiger partial charge is 0.324 e. The average molecular weight is 216 g/mol. The monoisotopic (exact) mass is 216 g/mol. The molecule has 0 fully saturated rings. The van der Waals surface area contributed by atoms with Gasteiger partial charge < -0.3 is 5.73 Å². The third-order valence-corrected chi connectivity index (χ3v) is 1.97. The second kappa shape index (κ2) is 3.20. The van der Waals surface area contributed by atoms with Gasteiger partial charge in [-0.2, -0.15) is 13.2 Å². The summed E-state index contributed by atoms with van der Waals surface area (Å²) in [4.78, 5) is 0. The Morgan fingerprint density at radius 1 is 1.27 bits per heavy atom. The van der Waals surface area contributed by atoms with E-state index in [0.717, 1.165) is 10.5 Å². The minimum absolute atomic E-state index is 0.0890. The molecule has 15 heavy (non-hydrogen) atoms. The van der Waals surface area contributed by atoms with Gasteiger partial charge in [0.2, 0.25) is 0 Å². The first kappa shape index (κ1) is 9.91. The largest absolute Gasteiger partial charge is 0.431 e. The Balaban J connectivity index is 2.78. The minimum atomic E-state index is -4.44. The van der Waals surface area contributed by atoms with Crippen molar-refractivity contribution >= 4 is 5.65 Å². The quantitative estimate of drug-likeness (QED) is 0.779. The van der Waals surface area contributed by atoms with Crippen LogP contribution in [0.25, 0.3) is 5.65 Å². The van der Waals surface area contributed by atoms with Gasteiger partial charge in [-0.25, -0.2) is 0 Å². The maximum absolute atomic E-state index is 12.6. The topological polar surface area (TPSA) is 56.2 Å². The molecule has 4 nitrogen and oxygen atoms in total. The summed E-state index contributed by atoms with van der Waals surface area (Å²) in [5.41, 5.74) is 4.61. The number of fused-ring (bicyclic) bond motifs is 1. The van der Waals surface area contributed by atoms with E-state index in [0.29, 0.717) is 0 Å². The van der Waals surface area contributed by atoms with Gasteiger partial charge >= 0.3 is 6.18 Å². The zero-order valence-corrected chi connectivity index (χ0v) is 7.49. The molecule has 0 unspecified atom stereocenters. The van der Waals surface area contributed by atoms with E-state index < -0.39 is 11.9 Å². The predicted octanol–water partition coefficient (Wildman–Crippen LogP) is 1.21. The lowest BCUT2D eigenvalue weighted by molar-refractivity contribution is -0.142. The van der Waals surface area contributed by atoms with Gasteiger partial charge in [0.15, 0.2) is 11.5 Å². The van der Waals surface area contributed by atoms with Crippen molar-refractivity contribution in [3.63, 3.8) is 0 Å². The zero-order chi connectivity index (χ0) is 11.1. The Bertz CT molecular complexity index is 488. The van der Waals surface area contributed by atoms with Crippen molar-refractivity contribution in [2.75, 3.05) is 0 Å². The number of nitrogens with two attached hydrogens (primary N) is 1. The summed E-state index contributed by atoms with van der Waals surface area (Å²) >= 11 is 0. The van der Waals surface area contributed by atoms with Gasteiger partial charge in [-0.3, -0.25) is 4.40 Å². The molecule has 2 aromatic heterocycles. The summed E-state index contributed by atoms with van der Waals surface area (Å²) in [5, 5.41) is 7.17. The van der Waals surface area contributed by atoms with E-state index in [4.69, 9.17) is 5.73 Å². The van der Waals surface area contributed by atoms with Gasteiger partial charge in [-0.05, 0) is 12.1 Å². The van der Waals surface area contributed by atoms with Crippen LogP contribution in [0.5, 0.6) is 0 Å². The minimum Gasteiger partial charge on any atom is -0.324 e. The molecule has 0 atom stereocenters. The third kappa shape index (κ3) is 1.54. The molecule has 0 amide bonds. The third-order valence-electron chi connectivity index (χ3n) is 1.97. The Morgan fingerprint density at radius 2 is 2.00 bits per heavy atom. The van der Waals surface area contributed by atoms with E-state index in [2.05, 4.69) is 10.2 Å². The highest BCUT2D eigenvalue weighted by molar-refractivity contribution is 5.40. The lowest BCUT2D eigenvalue weighted by atomic mass is 10.3. The van der Waals surface area contributed by atoms with Crippen molar-refractivity contribution in [2.24, 2.45) is 5.73 Å². The maximum atomic E-state index is 12.6.